The Labute approximate surface area is 151 Å². The second kappa shape index (κ2) is 8.79. The van der Waals surface area contributed by atoms with Crippen LogP contribution in [0.4, 0.5) is 0 Å². The van der Waals surface area contributed by atoms with Crippen LogP contribution in [-0.4, -0.2) is 24.0 Å². The number of carbonyl (C=O) groups excluding carboxylic acids is 2. The van der Waals surface area contributed by atoms with Crippen LogP contribution in [0.15, 0.2) is 59.1 Å². The van der Waals surface area contributed by atoms with Crippen LogP contribution in [0.3, 0.4) is 0 Å². The zero-order chi connectivity index (χ0) is 16.7. The fourth-order valence-electron chi connectivity index (χ4n) is 1.97. The predicted octanol–water partition coefficient (Wildman–Crippen LogP) is 4.82. The maximum absolute atomic E-state index is 12.5. The molecule has 0 heterocycles. The van der Waals surface area contributed by atoms with Gasteiger partial charge in [0.2, 0.25) is 0 Å². The number of halogens is 2. The van der Waals surface area contributed by atoms with E-state index in [0.717, 1.165) is 9.80 Å². The average molecular weight is 438 g/mol. The third-order valence-corrected chi connectivity index (χ3v) is 4.01. The fraction of sp³-hybridized carbons (Fsp3) is 0.111. The Kier molecular flexibility index (Phi) is 6.74. The van der Waals surface area contributed by atoms with Crippen molar-refractivity contribution in [3.63, 3.8) is 0 Å². The van der Waals surface area contributed by atoms with Crippen LogP contribution in [-0.2, 0) is 0 Å². The van der Waals surface area contributed by atoms with Crippen molar-refractivity contribution in [2.75, 3.05) is 11.9 Å². The number of aldehydes is 1. The minimum atomic E-state index is -0.190. The lowest BCUT2D eigenvalue weighted by Gasteiger charge is -2.08. The van der Waals surface area contributed by atoms with E-state index in [1.807, 2.05) is 12.2 Å². The normalized spacial score (nSPS) is 10.7. The minimum absolute atomic E-state index is 0.190. The van der Waals surface area contributed by atoms with E-state index < -0.39 is 0 Å². The highest BCUT2D eigenvalue weighted by atomic mass is 79.9. The van der Waals surface area contributed by atoms with Gasteiger partial charge in [-0.15, -0.1) is 0 Å². The van der Waals surface area contributed by atoms with E-state index in [4.69, 9.17) is 4.74 Å². The van der Waals surface area contributed by atoms with Gasteiger partial charge in [-0.05, 0) is 42.5 Å². The molecule has 5 heteroatoms. The van der Waals surface area contributed by atoms with Crippen molar-refractivity contribution in [3.8, 4) is 5.75 Å². The highest BCUT2D eigenvalue weighted by molar-refractivity contribution is 9.10. The maximum atomic E-state index is 12.5. The second-order valence-corrected chi connectivity index (χ2v) is 6.20. The molecule has 0 unspecified atom stereocenters. The van der Waals surface area contributed by atoms with E-state index in [9.17, 15) is 9.59 Å². The molecular formula is C18H14Br2O3. The van der Waals surface area contributed by atoms with E-state index >= 15 is 0 Å². The van der Waals surface area contributed by atoms with Crippen LogP contribution >= 0.6 is 31.9 Å². The summed E-state index contributed by atoms with van der Waals surface area (Å²) in [6.07, 6.45) is 4.47. The highest BCUT2D eigenvalue weighted by Crippen LogP contribution is 2.21. The van der Waals surface area contributed by atoms with Crippen LogP contribution in [0.25, 0.3) is 0 Å². The van der Waals surface area contributed by atoms with Crippen LogP contribution in [0, 0.1) is 0 Å². The molecule has 0 bridgehead atoms. The third kappa shape index (κ3) is 4.88. The molecule has 0 radical (unpaired) electrons. The minimum Gasteiger partial charge on any atom is -0.490 e. The predicted molar refractivity (Wildman–Crippen MR) is 97.8 cm³/mol. The number of carbonyl (C=O) groups is 2. The van der Waals surface area contributed by atoms with Crippen LogP contribution in [0.5, 0.6) is 5.75 Å². The molecule has 2 aromatic rings. The zero-order valence-corrected chi connectivity index (χ0v) is 15.3. The van der Waals surface area contributed by atoms with Gasteiger partial charge in [-0.25, -0.2) is 0 Å². The smallest absolute Gasteiger partial charge is 0.193 e. The molecule has 23 heavy (non-hydrogen) atoms. The Bertz CT molecular complexity index is 722. The quantitative estimate of drug-likeness (QED) is 0.270. The van der Waals surface area contributed by atoms with Gasteiger partial charge in [0.25, 0.3) is 0 Å². The number of hydrogen-bond acceptors (Lipinski definition) is 3. The lowest BCUT2D eigenvalue weighted by Crippen LogP contribution is -2.06. The number of benzene rings is 2. The Morgan fingerprint density at radius 2 is 1.83 bits per heavy atom. The Morgan fingerprint density at radius 3 is 2.48 bits per heavy atom. The zero-order valence-electron chi connectivity index (χ0n) is 12.2. The van der Waals surface area contributed by atoms with Gasteiger partial charge in [-0.1, -0.05) is 44.0 Å². The van der Waals surface area contributed by atoms with Gasteiger partial charge in [-0.2, -0.15) is 0 Å². The van der Waals surface area contributed by atoms with Crippen molar-refractivity contribution in [3.05, 3.63) is 75.8 Å². The third-order valence-electron chi connectivity index (χ3n) is 3.10. The fourth-order valence-corrected chi connectivity index (χ4v) is 2.50. The van der Waals surface area contributed by atoms with Crippen molar-refractivity contribution < 1.29 is 14.3 Å². The Hall–Kier alpha value is -1.72. The summed E-state index contributed by atoms with van der Waals surface area (Å²) in [4.78, 5) is 23.8. The van der Waals surface area contributed by atoms with Gasteiger partial charge in [0.1, 0.15) is 12.4 Å². The van der Waals surface area contributed by atoms with E-state index in [0.29, 0.717) is 35.3 Å². The van der Waals surface area contributed by atoms with Crippen molar-refractivity contribution in [2.24, 2.45) is 0 Å². The lowest BCUT2D eigenvalue weighted by atomic mass is 9.99. The first kappa shape index (κ1) is 17.6. The van der Waals surface area contributed by atoms with E-state index in [2.05, 4.69) is 31.9 Å². The van der Waals surface area contributed by atoms with Gasteiger partial charge in [-0.3, -0.25) is 9.59 Å². The lowest BCUT2D eigenvalue weighted by molar-refractivity contribution is 0.102. The molecule has 3 nitrogen and oxygen atoms in total. The van der Waals surface area contributed by atoms with Gasteiger partial charge in [0, 0.05) is 26.5 Å². The van der Waals surface area contributed by atoms with Crippen molar-refractivity contribution >= 4 is 43.9 Å². The highest BCUT2D eigenvalue weighted by Gasteiger charge is 2.14. The second-order valence-electron chi connectivity index (χ2n) is 4.64. The number of rotatable bonds is 7. The first-order valence-electron chi connectivity index (χ1n) is 6.89. The van der Waals surface area contributed by atoms with Gasteiger partial charge < -0.3 is 4.74 Å². The molecule has 0 fully saturated rings. The van der Waals surface area contributed by atoms with Gasteiger partial charge in [0.05, 0.1) is 0 Å². The summed E-state index contributed by atoms with van der Waals surface area (Å²) >= 11 is 6.61. The molecular weight excluding hydrogens is 424 g/mol. The van der Waals surface area contributed by atoms with Crippen molar-refractivity contribution in [2.45, 2.75) is 0 Å². The average Bonchev–Trinajstić information content (AvgIpc) is 2.58. The summed E-state index contributed by atoms with van der Waals surface area (Å²) in [6, 6.07) is 11.9. The molecule has 118 valence electrons. The molecule has 0 spiro atoms. The largest absolute Gasteiger partial charge is 0.490 e. The first-order valence-corrected chi connectivity index (χ1v) is 8.80. The summed E-state index contributed by atoms with van der Waals surface area (Å²) in [6.45, 7) is 0.407. The topological polar surface area (TPSA) is 43.4 Å². The summed E-state index contributed by atoms with van der Waals surface area (Å²) < 4.78 is 6.42. The van der Waals surface area contributed by atoms with E-state index in [1.165, 1.54) is 0 Å². The number of ether oxygens (including phenoxy) is 1. The molecule has 0 aromatic heterocycles. The summed E-state index contributed by atoms with van der Waals surface area (Å²) in [5, 5.41) is 0.760. The number of allylic oxidation sites excluding steroid dienone is 1. The summed E-state index contributed by atoms with van der Waals surface area (Å²) in [7, 11) is 0. The molecule has 0 saturated heterocycles. The van der Waals surface area contributed by atoms with Gasteiger partial charge in [0.15, 0.2) is 12.1 Å². The first-order chi connectivity index (χ1) is 11.2. The monoisotopic (exact) mass is 436 g/mol. The number of alkyl halides is 1. The standard InChI is InChI=1S/C18H14Br2O3/c19-9-1-2-10-23-16-7-8-17(14(11-16)12-21)18(22)13-3-5-15(20)6-4-13/h1-8,11-12H,9-10H2. The molecule has 0 N–H and O–H groups in total. The Morgan fingerprint density at radius 1 is 1.09 bits per heavy atom. The Balaban J connectivity index is 2.22. The maximum Gasteiger partial charge on any atom is 0.193 e. The van der Waals surface area contributed by atoms with E-state index in [1.54, 1.807) is 42.5 Å². The van der Waals surface area contributed by atoms with E-state index in [-0.39, 0.29) is 5.78 Å². The van der Waals surface area contributed by atoms with Crippen LogP contribution in [0.2, 0.25) is 0 Å². The summed E-state index contributed by atoms with van der Waals surface area (Å²) in [5.41, 5.74) is 1.22. The van der Waals surface area contributed by atoms with Crippen LogP contribution in [0.1, 0.15) is 26.3 Å². The number of ketones is 1. The molecule has 0 aliphatic carbocycles. The molecule has 0 aliphatic rings. The van der Waals surface area contributed by atoms with Crippen molar-refractivity contribution in [1.82, 2.24) is 0 Å². The van der Waals surface area contributed by atoms with Crippen LogP contribution < -0.4 is 4.74 Å². The molecule has 0 saturated carbocycles. The molecule has 2 aromatic carbocycles. The molecule has 0 aliphatic heterocycles. The molecule has 0 amide bonds. The number of hydrogen-bond donors (Lipinski definition) is 0. The summed E-state index contributed by atoms with van der Waals surface area (Å²) in [5.74, 6) is 0.365. The molecule has 2 rings (SSSR count). The van der Waals surface area contributed by atoms with Gasteiger partial charge >= 0.3 is 0 Å². The molecule has 0 atom stereocenters. The SMILES string of the molecule is O=Cc1cc(OCC=CCBr)ccc1C(=O)c1ccc(Br)cc1. The van der Waals surface area contributed by atoms with Crippen molar-refractivity contribution in [1.29, 1.82) is 0 Å².